The molecule has 18 heavy (non-hydrogen) atoms. The van der Waals surface area contributed by atoms with Crippen molar-refractivity contribution < 1.29 is 5.11 Å². The number of benzene rings is 1. The molecule has 1 aromatic rings. The van der Waals surface area contributed by atoms with E-state index in [1.165, 1.54) is 17.0 Å². The van der Waals surface area contributed by atoms with Gasteiger partial charge in [0.15, 0.2) is 0 Å². The summed E-state index contributed by atoms with van der Waals surface area (Å²) in [5.74, 6) is 0. The SMILES string of the molecule is CCCC[C@@]1([C@H](O)CC)Sc2ccccc2N1C. The van der Waals surface area contributed by atoms with Crippen LogP contribution in [0.5, 0.6) is 0 Å². The molecule has 0 aromatic heterocycles. The zero-order chi connectivity index (χ0) is 13.2. The smallest absolute Gasteiger partial charge is 0.116 e. The second-order valence-corrected chi connectivity index (χ2v) is 6.35. The Morgan fingerprint density at radius 2 is 2.06 bits per heavy atom. The molecule has 0 bridgehead atoms. The van der Waals surface area contributed by atoms with E-state index in [0.717, 1.165) is 19.3 Å². The Morgan fingerprint density at radius 1 is 1.33 bits per heavy atom. The second-order valence-electron chi connectivity index (χ2n) is 5.00. The van der Waals surface area contributed by atoms with Gasteiger partial charge in [-0.15, -0.1) is 0 Å². The van der Waals surface area contributed by atoms with Crippen molar-refractivity contribution in [2.24, 2.45) is 0 Å². The first kappa shape index (κ1) is 13.8. The third-order valence-electron chi connectivity index (χ3n) is 3.88. The minimum atomic E-state index is -0.286. The number of likely N-dealkylation sites (N-methyl/N-ethyl adjacent to an activating group) is 1. The minimum absolute atomic E-state index is 0.172. The maximum absolute atomic E-state index is 10.5. The van der Waals surface area contributed by atoms with Crippen molar-refractivity contribution in [2.45, 2.75) is 55.4 Å². The molecular weight excluding hydrogens is 242 g/mol. The average molecular weight is 265 g/mol. The highest BCUT2D eigenvalue weighted by Gasteiger charge is 2.46. The van der Waals surface area contributed by atoms with E-state index in [0.29, 0.717) is 0 Å². The summed E-state index contributed by atoms with van der Waals surface area (Å²) < 4.78 is 0. The first-order chi connectivity index (χ1) is 8.65. The molecule has 0 aliphatic carbocycles. The third kappa shape index (κ3) is 2.14. The number of aliphatic hydroxyl groups excluding tert-OH is 1. The van der Waals surface area contributed by atoms with Crippen LogP contribution in [-0.4, -0.2) is 23.1 Å². The molecule has 0 saturated carbocycles. The summed E-state index contributed by atoms with van der Waals surface area (Å²) >= 11 is 1.84. The van der Waals surface area contributed by atoms with Gasteiger partial charge in [0.2, 0.25) is 0 Å². The molecular formula is C15H23NOS. The lowest BCUT2D eigenvalue weighted by molar-refractivity contribution is 0.119. The van der Waals surface area contributed by atoms with Gasteiger partial charge in [0.1, 0.15) is 4.87 Å². The fourth-order valence-corrected chi connectivity index (χ4v) is 4.33. The summed E-state index contributed by atoms with van der Waals surface area (Å²) in [5.41, 5.74) is 1.26. The highest BCUT2D eigenvalue weighted by molar-refractivity contribution is 8.01. The normalized spacial score (nSPS) is 24.1. The molecule has 0 amide bonds. The summed E-state index contributed by atoms with van der Waals surface area (Å²) in [6.45, 7) is 4.27. The maximum Gasteiger partial charge on any atom is 0.116 e. The Hall–Kier alpha value is -0.670. The molecule has 1 N–H and O–H groups in total. The highest BCUT2D eigenvalue weighted by atomic mass is 32.2. The van der Waals surface area contributed by atoms with Crippen molar-refractivity contribution >= 4 is 17.4 Å². The fraction of sp³-hybridized carbons (Fsp3) is 0.600. The van der Waals surface area contributed by atoms with Crippen LogP contribution in [-0.2, 0) is 0 Å². The fourth-order valence-electron chi connectivity index (χ4n) is 2.71. The summed E-state index contributed by atoms with van der Waals surface area (Å²) in [5, 5.41) is 10.5. The number of unbranched alkanes of at least 4 members (excludes halogenated alkanes) is 1. The van der Waals surface area contributed by atoms with E-state index >= 15 is 0 Å². The molecule has 0 radical (unpaired) electrons. The van der Waals surface area contributed by atoms with Crippen LogP contribution in [0.4, 0.5) is 5.69 Å². The zero-order valence-electron chi connectivity index (χ0n) is 11.5. The molecule has 3 heteroatoms. The van der Waals surface area contributed by atoms with Crippen LogP contribution in [0, 0.1) is 0 Å². The van der Waals surface area contributed by atoms with Crippen molar-refractivity contribution in [3.8, 4) is 0 Å². The van der Waals surface area contributed by atoms with Gasteiger partial charge in [-0.2, -0.15) is 0 Å². The lowest BCUT2D eigenvalue weighted by Gasteiger charge is -2.40. The summed E-state index contributed by atoms with van der Waals surface area (Å²) in [6, 6.07) is 8.46. The van der Waals surface area contributed by atoms with E-state index in [1.54, 1.807) is 0 Å². The van der Waals surface area contributed by atoms with Crippen LogP contribution in [0.2, 0.25) is 0 Å². The van der Waals surface area contributed by atoms with Crippen LogP contribution >= 0.6 is 11.8 Å². The Labute approximate surface area is 114 Å². The van der Waals surface area contributed by atoms with Gasteiger partial charge >= 0.3 is 0 Å². The second kappa shape index (κ2) is 5.54. The predicted molar refractivity (Wildman–Crippen MR) is 79.3 cm³/mol. The Balaban J connectivity index is 2.33. The van der Waals surface area contributed by atoms with E-state index < -0.39 is 0 Å². The van der Waals surface area contributed by atoms with Gasteiger partial charge in [-0.05, 0) is 25.0 Å². The zero-order valence-corrected chi connectivity index (χ0v) is 12.3. The maximum atomic E-state index is 10.5. The largest absolute Gasteiger partial charge is 0.390 e. The van der Waals surface area contributed by atoms with Crippen LogP contribution < -0.4 is 4.90 Å². The lowest BCUT2D eigenvalue weighted by atomic mass is 9.99. The Bertz CT molecular complexity index is 409. The Morgan fingerprint density at radius 3 is 2.67 bits per heavy atom. The summed E-state index contributed by atoms with van der Waals surface area (Å²) in [7, 11) is 2.12. The van der Waals surface area contributed by atoms with Crippen LogP contribution in [0.3, 0.4) is 0 Å². The molecule has 2 atom stereocenters. The molecule has 1 aromatic carbocycles. The topological polar surface area (TPSA) is 23.5 Å². The number of para-hydroxylation sites is 1. The number of anilines is 1. The number of hydrogen-bond acceptors (Lipinski definition) is 3. The average Bonchev–Trinajstić information content (AvgIpc) is 2.70. The molecule has 0 spiro atoms. The Kier molecular flexibility index (Phi) is 4.23. The van der Waals surface area contributed by atoms with Gasteiger partial charge in [-0.1, -0.05) is 50.6 Å². The quantitative estimate of drug-likeness (QED) is 0.874. The first-order valence-corrected chi connectivity index (χ1v) is 7.67. The van der Waals surface area contributed by atoms with E-state index in [4.69, 9.17) is 0 Å². The van der Waals surface area contributed by atoms with Gasteiger partial charge in [0.25, 0.3) is 0 Å². The van der Waals surface area contributed by atoms with Crippen molar-refractivity contribution in [3.63, 3.8) is 0 Å². The number of fused-ring (bicyclic) bond motifs is 1. The van der Waals surface area contributed by atoms with E-state index in [1.807, 2.05) is 11.8 Å². The summed E-state index contributed by atoms with van der Waals surface area (Å²) in [6.07, 6.45) is 3.88. The summed E-state index contributed by atoms with van der Waals surface area (Å²) in [4.78, 5) is 3.41. The molecule has 2 nitrogen and oxygen atoms in total. The first-order valence-electron chi connectivity index (χ1n) is 6.85. The molecule has 1 aliphatic rings. The molecule has 0 unspecified atom stereocenters. The highest BCUT2D eigenvalue weighted by Crippen LogP contribution is 2.53. The van der Waals surface area contributed by atoms with Gasteiger partial charge in [0.05, 0.1) is 11.8 Å². The lowest BCUT2D eigenvalue weighted by Crippen LogP contribution is -2.50. The standard InChI is InChI=1S/C15H23NOS/c1-4-6-11-15(14(17)5-2)16(3)12-9-7-8-10-13(12)18-15/h7-10,14,17H,4-6,11H2,1-3H3/t14-,15+/m1/s1. The minimum Gasteiger partial charge on any atom is -0.390 e. The van der Waals surface area contributed by atoms with Crippen molar-refractivity contribution in [2.75, 3.05) is 11.9 Å². The monoisotopic (exact) mass is 265 g/mol. The predicted octanol–water partition coefficient (Wildman–Crippen LogP) is 3.89. The molecule has 1 heterocycles. The number of thioether (sulfide) groups is 1. The van der Waals surface area contributed by atoms with Crippen LogP contribution in [0.1, 0.15) is 39.5 Å². The number of aliphatic hydroxyl groups is 1. The van der Waals surface area contributed by atoms with Gasteiger partial charge in [0, 0.05) is 11.9 Å². The van der Waals surface area contributed by atoms with E-state index in [-0.39, 0.29) is 11.0 Å². The number of rotatable bonds is 5. The molecule has 0 saturated heterocycles. The van der Waals surface area contributed by atoms with Gasteiger partial charge in [-0.25, -0.2) is 0 Å². The third-order valence-corrected chi connectivity index (χ3v) is 5.55. The van der Waals surface area contributed by atoms with Gasteiger partial charge < -0.3 is 10.0 Å². The molecule has 2 rings (SSSR count). The van der Waals surface area contributed by atoms with Crippen molar-refractivity contribution in [1.82, 2.24) is 0 Å². The van der Waals surface area contributed by atoms with Crippen LogP contribution in [0.25, 0.3) is 0 Å². The molecule has 1 aliphatic heterocycles. The van der Waals surface area contributed by atoms with E-state index in [2.05, 4.69) is 50.1 Å². The van der Waals surface area contributed by atoms with E-state index in [9.17, 15) is 5.11 Å². The number of hydrogen-bond donors (Lipinski definition) is 1. The van der Waals surface area contributed by atoms with Crippen molar-refractivity contribution in [1.29, 1.82) is 0 Å². The number of nitrogens with zero attached hydrogens (tertiary/aromatic N) is 1. The molecule has 100 valence electrons. The van der Waals surface area contributed by atoms with Crippen LogP contribution in [0.15, 0.2) is 29.2 Å². The van der Waals surface area contributed by atoms with Gasteiger partial charge in [-0.3, -0.25) is 0 Å². The van der Waals surface area contributed by atoms with Crippen molar-refractivity contribution in [3.05, 3.63) is 24.3 Å². The molecule has 0 fully saturated rings.